The summed E-state index contributed by atoms with van der Waals surface area (Å²) in [4.78, 5) is 24.5. The Morgan fingerprint density at radius 2 is 1.55 bits per heavy atom. The van der Waals surface area contributed by atoms with Crippen molar-refractivity contribution in [2.24, 2.45) is 0 Å². The Balaban J connectivity index is 1.93. The maximum Gasteiger partial charge on any atom is 0.204 e. The van der Waals surface area contributed by atoms with E-state index in [-0.39, 0.29) is 16.5 Å². The van der Waals surface area contributed by atoms with E-state index in [0.29, 0.717) is 16.8 Å². The molecule has 110 valence electrons. The summed E-state index contributed by atoms with van der Waals surface area (Å²) in [5.41, 5.74) is 2.22. The van der Waals surface area contributed by atoms with Gasteiger partial charge >= 0.3 is 0 Å². The third-order valence-corrected chi connectivity index (χ3v) is 4.58. The average Bonchev–Trinajstić information content (AvgIpc) is 2.53. The SMILES string of the molecule is Cc1ccccc1NS(=O)C1=CC(=O)c2ccccc2C1=O. The minimum atomic E-state index is -1.79. The van der Waals surface area contributed by atoms with Crippen molar-refractivity contribution in [3.8, 4) is 0 Å². The second-order valence-electron chi connectivity index (χ2n) is 4.93. The number of anilines is 1. The lowest BCUT2D eigenvalue weighted by Crippen LogP contribution is -2.22. The third kappa shape index (κ3) is 2.51. The fraction of sp³-hybridized carbons (Fsp3) is 0.0588. The van der Waals surface area contributed by atoms with Crippen LogP contribution in [-0.4, -0.2) is 15.8 Å². The molecule has 1 N–H and O–H groups in total. The maximum atomic E-state index is 12.4. The second kappa shape index (κ2) is 5.69. The van der Waals surface area contributed by atoms with E-state index in [0.717, 1.165) is 11.6 Å². The van der Waals surface area contributed by atoms with Crippen molar-refractivity contribution in [3.05, 3.63) is 76.2 Å². The van der Waals surface area contributed by atoms with Crippen LogP contribution in [0, 0.1) is 6.92 Å². The molecule has 1 atom stereocenters. The number of Topliss-reactive ketones (excluding diaryl/α,β-unsaturated/α-hetero) is 1. The van der Waals surface area contributed by atoms with Crippen molar-refractivity contribution in [1.82, 2.24) is 0 Å². The molecule has 0 spiro atoms. The van der Waals surface area contributed by atoms with Crippen molar-refractivity contribution < 1.29 is 13.8 Å². The Hall–Kier alpha value is -2.53. The van der Waals surface area contributed by atoms with Gasteiger partial charge in [-0.2, -0.15) is 0 Å². The molecule has 0 heterocycles. The number of carbonyl (C=O) groups is 2. The van der Waals surface area contributed by atoms with E-state index in [1.165, 1.54) is 0 Å². The van der Waals surface area contributed by atoms with Gasteiger partial charge in [-0.3, -0.25) is 9.59 Å². The summed E-state index contributed by atoms with van der Waals surface area (Å²) in [6.07, 6.45) is 1.16. The molecule has 2 aromatic carbocycles. The molecule has 0 bridgehead atoms. The molecule has 0 saturated carbocycles. The van der Waals surface area contributed by atoms with Crippen LogP contribution in [0.15, 0.2) is 59.5 Å². The highest BCUT2D eigenvalue weighted by Gasteiger charge is 2.28. The number of fused-ring (bicyclic) bond motifs is 1. The van der Waals surface area contributed by atoms with E-state index in [4.69, 9.17) is 0 Å². The summed E-state index contributed by atoms with van der Waals surface area (Å²) in [5.74, 6) is -0.681. The van der Waals surface area contributed by atoms with Gasteiger partial charge in [-0.1, -0.05) is 42.5 Å². The molecule has 1 unspecified atom stereocenters. The third-order valence-electron chi connectivity index (χ3n) is 3.47. The normalized spacial score (nSPS) is 15.0. The predicted molar refractivity (Wildman–Crippen MR) is 86.1 cm³/mol. The summed E-state index contributed by atoms with van der Waals surface area (Å²) in [6, 6.07) is 13.9. The average molecular weight is 311 g/mol. The van der Waals surface area contributed by atoms with E-state index in [1.54, 1.807) is 30.3 Å². The minimum Gasteiger partial charge on any atom is -0.301 e. The van der Waals surface area contributed by atoms with Gasteiger partial charge in [0.25, 0.3) is 0 Å². The zero-order valence-corrected chi connectivity index (χ0v) is 12.6. The highest BCUT2D eigenvalue weighted by Crippen LogP contribution is 2.24. The Morgan fingerprint density at radius 1 is 0.909 bits per heavy atom. The van der Waals surface area contributed by atoms with Gasteiger partial charge < -0.3 is 4.72 Å². The molecule has 0 fully saturated rings. The number of ketones is 2. The highest BCUT2D eigenvalue weighted by atomic mass is 32.2. The van der Waals surface area contributed by atoms with Crippen LogP contribution >= 0.6 is 0 Å². The van der Waals surface area contributed by atoms with Crippen LogP contribution in [0.3, 0.4) is 0 Å². The van der Waals surface area contributed by atoms with Gasteiger partial charge in [0, 0.05) is 22.9 Å². The number of para-hydroxylation sites is 1. The van der Waals surface area contributed by atoms with Crippen LogP contribution in [0.2, 0.25) is 0 Å². The van der Waals surface area contributed by atoms with E-state index in [1.807, 2.05) is 25.1 Å². The Morgan fingerprint density at radius 3 is 2.27 bits per heavy atom. The number of allylic oxidation sites excluding steroid dienone is 2. The Bertz CT molecular complexity index is 839. The largest absolute Gasteiger partial charge is 0.301 e. The highest BCUT2D eigenvalue weighted by molar-refractivity contribution is 7.91. The molecule has 1 aliphatic rings. The number of nitrogens with one attached hydrogen (secondary N) is 1. The Labute approximate surface area is 130 Å². The van der Waals surface area contributed by atoms with Crippen LogP contribution in [-0.2, 0) is 11.0 Å². The number of hydrogen-bond donors (Lipinski definition) is 1. The number of rotatable bonds is 3. The van der Waals surface area contributed by atoms with Gasteiger partial charge in [-0.25, -0.2) is 4.21 Å². The Kier molecular flexibility index (Phi) is 3.73. The van der Waals surface area contributed by atoms with Crippen LogP contribution in [0.1, 0.15) is 26.3 Å². The number of benzene rings is 2. The molecule has 0 aromatic heterocycles. The molecule has 2 aromatic rings. The summed E-state index contributed by atoms with van der Waals surface area (Å²) in [5, 5.41) is 0. The molecule has 0 amide bonds. The quantitative estimate of drug-likeness (QED) is 0.947. The number of carbonyl (C=O) groups excluding carboxylic acids is 2. The predicted octanol–water partition coefficient (Wildman–Crippen LogP) is 3.03. The first-order valence-corrected chi connectivity index (χ1v) is 7.87. The monoisotopic (exact) mass is 311 g/mol. The van der Waals surface area contributed by atoms with Crippen LogP contribution in [0.4, 0.5) is 5.69 Å². The summed E-state index contributed by atoms with van der Waals surface area (Å²) < 4.78 is 15.2. The number of aryl methyl sites for hydroxylation is 1. The molecular formula is C17H13NO3S. The van der Waals surface area contributed by atoms with E-state index in [9.17, 15) is 13.8 Å². The van der Waals surface area contributed by atoms with E-state index < -0.39 is 11.0 Å². The second-order valence-corrected chi connectivity index (χ2v) is 6.11. The smallest absolute Gasteiger partial charge is 0.204 e. The first kappa shape index (κ1) is 14.4. The van der Waals surface area contributed by atoms with E-state index >= 15 is 0 Å². The molecule has 0 aliphatic heterocycles. The standard InChI is InChI=1S/C17H13NO3S/c1-11-6-2-5-9-14(11)18-22(21)16-10-15(19)12-7-3-4-8-13(12)17(16)20/h2-10,18H,1H3. The van der Waals surface area contributed by atoms with Gasteiger partial charge in [0.1, 0.15) is 4.91 Å². The minimum absolute atomic E-state index is 0.0213. The molecule has 3 rings (SSSR count). The van der Waals surface area contributed by atoms with Crippen molar-refractivity contribution >= 4 is 28.2 Å². The zero-order valence-electron chi connectivity index (χ0n) is 11.8. The molecular weight excluding hydrogens is 298 g/mol. The van der Waals surface area contributed by atoms with E-state index in [2.05, 4.69) is 4.72 Å². The van der Waals surface area contributed by atoms with Crippen molar-refractivity contribution in [2.75, 3.05) is 4.72 Å². The van der Waals surface area contributed by atoms with Gasteiger partial charge in [0.05, 0.1) is 0 Å². The molecule has 1 aliphatic carbocycles. The van der Waals surface area contributed by atoms with Gasteiger partial charge in [0.2, 0.25) is 5.78 Å². The molecule has 22 heavy (non-hydrogen) atoms. The lowest BCUT2D eigenvalue weighted by atomic mass is 9.95. The van der Waals surface area contributed by atoms with Gasteiger partial charge in [-0.15, -0.1) is 0 Å². The molecule has 4 nitrogen and oxygen atoms in total. The van der Waals surface area contributed by atoms with Crippen molar-refractivity contribution in [1.29, 1.82) is 0 Å². The van der Waals surface area contributed by atoms with Crippen molar-refractivity contribution in [3.63, 3.8) is 0 Å². The summed E-state index contributed by atoms with van der Waals surface area (Å²) >= 11 is 0. The summed E-state index contributed by atoms with van der Waals surface area (Å²) in [6.45, 7) is 1.87. The van der Waals surface area contributed by atoms with Gasteiger partial charge in [0.15, 0.2) is 16.8 Å². The number of hydrogen-bond acceptors (Lipinski definition) is 3. The molecule has 5 heteroatoms. The lowest BCUT2D eigenvalue weighted by Gasteiger charge is -2.15. The topological polar surface area (TPSA) is 63.2 Å². The maximum absolute atomic E-state index is 12.4. The fourth-order valence-corrected chi connectivity index (χ4v) is 3.30. The van der Waals surface area contributed by atoms with Crippen LogP contribution in [0.25, 0.3) is 0 Å². The zero-order chi connectivity index (χ0) is 15.7. The fourth-order valence-electron chi connectivity index (χ4n) is 2.27. The van der Waals surface area contributed by atoms with Crippen molar-refractivity contribution in [2.45, 2.75) is 6.92 Å². The van der Waals surface area contributed by atoms with Crippen LogP contribution in [0.5, 0.6) is 0 Å². The summed E-state index contributed by atoms with van der Waals surface area (Å²) in [7, 11) is -1.79. The first-order chi connectivity index (χ1) is 10.6. The lowest BCUT2D eigenvalue weighted by molar-refractivity contribution is 0.0991. The first-order valence-electron chi connectivity index (χ1n) is 6.72. The van der Waals surface area contributed by atoms with Crippen LogP contribution < -0.4 is 4.72 Å². The van der Waals surface area contributed by atoms with Gasteiger partial charge in [-0.05, 0) is 18.6 Å². The molecule has 0 radical (unpaired) electrons. The molecule has 0 saturated heterocycles.